The van der Waals surface area contributed by atoms with Crippen LogP contribution in [0.15, 0.2) is 42.6 Å². The quantitative estimate of drug-likeness (QED) is 0.593. The number of halogens is 1. The van der Waals surface area contributed by atoms with Gasteiger partial charge in [-0.3, -0.25) is 0 Å². The van der Waals surface area contributed by atoms with Gasteiger partial charge in [-0.15, -0.1) is 0 Å². The second-order valence-electron chi connectivity index (χ2n) is 4.12. The molecule has 0 spiro atoms. The predicted molar refractivity (Wildman–Crippen MR) is 74.6 cm³/mol. The Labute approximate surface area is 112 Å². The first-order valence-corrected chi connectivity index (χ1v) is 6.36. The molecule has 0 fully saturated rings. The molecule has 2 rings (SSSR count). The van der Waals surface area contributed by atoms with Crippen LogP contribution in [0.1, 0.15) is 12.8 Å². The average Bonchev–Trinajstić information content (AvgIpc) is 2.44. The second-order valence-corrected chi connectivity index (χ2v) is 4.12. The number of unbranched alkanes of at least 4 members (excludes halogenated alkanes) is 1. The summed E-state index contributed by atoms with van der Waals surface area (Å²) in [6, 6.07) is 10.5. The van der Waals surface area contributed by atoms with Crippen molar-refractivity contribution in [2.24, 2.45) is 0 Å². The molecule has 2 aromatic rings. The molecule has 0 saturated carbocycles. The first kappa shape index (κ1) is 13.3. The van der Waals surface area contributed by atoms with Gasteiger partial charge in [0, 0.05) is 19.3 Å². The zero-order valence-corrected chi connectivity index (χ0v) is 10.6. The van der Waals surface area contributed by atoms with Gasteiger partial charge in [0.05, 0.1) is 0 Å². The highest BCUT2D eigenvalue weighted by molar-refractivity contribution is 5.34. The van der Waals surface area contributed by atoms with Crippen LogP contribution in [-0.2, 0) is 0 Å². The zero-order valence-electron chi connectivity index (χ0n) is 10.6. The summed E-state index contributed by atoms with van der Waals surface area (Å²) >= 11 is 0. The van der Waals surface area contributed by atoms with Crippen LogP contribution < -0.4 is 10.6 Å². The molecule has 2 aromatic heterocycles. The van der Waals surface area contributed by atoms with E-state index in [9.17, 15) is 4.39 Å². The minimum absolute atomic E-state index is 0.457. The Morgan fingerprint density at radius 1 is 0.895 bits per heavy atom. The Kier molecular flexibility index (Phi) is 5.10. The second kappa shape index (κ2) is 7.31. The van der Waals surface area contributed by atoms with Gasteiger partial charge in [0.15, 0.2) is 0 Å². The molecule has 2 N–H and O–H groups in total. The van der Waals surface area contributed by atoms with Crippen LogP contribution in [0.2, 0.25) is 0 Å². The molecule has 100 valence electrons. The summed E-state index contributed by atoms with van der Waals surface area (Å²) in [7, 11) is 0. The Morgan fingerprint density at radius 3 is 2.32 bits per heavy atom. The molecule has 0 amide bonds. The van der Waals surface area contributed by atoms with E-state index in [1.54, 1.807) is 18.3 Å². The number of rotatable bonds is 7. The number of nitrogens with zero attached hydrogens (tertiary/aromatic N) is 2. The lowest BCUT2D eigenvalue weighted by molar-refractivity contribution is 0.585. The van der Waals surface area contributed by atoms with E-state index in [2.05, 4.69) is 20.6 Å². The summed E-state index contributed by atoms with van der Waals surface area (Å²) in [6.45, 7) is 1.65. The lowest BCUT2D eigenvalue weighted by Gasteiger charge is -2.06. The third kappa shape index (κ3) is 4.91. The van der Waals surface area contributed by atoms with Crippen molar-refractivity contribution >= 4 is 11.6 Å². The molecule has 5 heteroatoms. The Morgan fingerprint density at radius 2 is 1.63 bits per heavy atom. The van der Waals surface area contributed by atoms with E-state index in [1.165, 1.54) is 6.07 Å². The molecule has 0 saturated heterocycles. The molecule has 0 aliphatic heterocycles. The van der Waals surface area contributed by atoms with Crippen molar-refractivity contribution in [2.45, 2.75) is 12.8 Å². The van der Waals surface area contributed by atoms with Gasteiger partial charge in [-0.2, -0.15) is 4.39 Å². The summed E-state index contributed by atoms with van der Waals surface area (Å²) in [5, 5.41) is 6.33. The fraction of sp³-hybridized carbons (Fsp3) is 0.286. The molecule has 0 unspecified atom stereocenters. The Balaban J connectivity index is 1.58. The summed E-state index contributed by atoms with van der Waals surface area (Å²) in [5.74, 6) is 1.02. The van der Waals surface area contributed by atoms with Crippen molar-refractivity contribution in [1.29, 1.82) is 0 Å². The standard InChI is InChI=1S/C14H17FN4/c15-12-6-5-8-14(19-12)18-11-4-3-10-17-13-7-1-2-9-16-13/h1-2,5-9H,3-4,10-11H2,(H,16,17)(H,18,19). The Bertz CT molecular complexity index is 490. The number of pyridine rings is 2. The van der Waals surface area contributed by atoms with E-state index in [0.717, 1.165) is 31.7 Å². The van der Waals surface area contributed by atoms with Crippen molar-refractivity contribution in [3.63, 3.8) is 0 Å². The average molecular weight is 260 g/mol. The molecule has 0 aliphatic carbocycles. The number of nitrogens with one attached hydrogen (secondary N) is 2. The lowest BCUT2D eigenvalue weighted by atomic mass is 10.3. The fourth-order valence-corrected chi connectivity index (χ4v) is 1.66. The van der Waals surface area contributed by atoms with Gasteiger partial charge in [-0.05, 0) is 37.1 Å². The molecule has 4 nitrogen and oxygen atoms in total. The number of hydrogen-bond donors (Lipinski definition) is 2. The van der Waals surface area contributed by atoms with Crippen LogP contribution in [0.3, 0.4) is 0 Å². The van der Waals surface area contributed by atoms with Crippen LogP contribution in [0.5, 0.6) is 0 Å². The summed E-state index contributed by atoms with van der Waals surface area (Å²) in [6.07, 6.45) is 3.76. The van der Waals surface area contributed by atoms with Crippen molar-refractivity contribution in [1.82, 2.24) is 9.97 Å². The molecular weight excluding hydrogens is 243 g/mol. The van der Waals surface area contributed by atoms with Crippen LogP contribution in [0.25, 0.3) is 0 Å². The van der Waals surface area contributed by atoms with Gasteiger partial charge >= 0.3 is 0 Å². The van der Waals surface area contributed by atoms with E-state index < -0.39 is 5.95 Å². The largest absolute Gasteiger partial charge is 0.370 e. The van der Waals surface area contributed by atoms with Gasteiger partial charge in [0.2, 0.25) is 5.95 Å². The first-order chi connectivity index (χ1) is 9.34. The maximum absolute atomic E-state index is 12.8. The molecule has 0 bridgehead atoms. The van der Waals surface area contributed by atoms with Gasteiger partial charge in [-0.1, -0.05) is 12.1 Å². The summed E-state index contributed by atoms with van der Waals surface area (Å²) in [4.78, 5) is 7.91. The lowest BCUT2D eigenvalue weighted by Crippen LogP contribution is -2.08. The highest BCUT2D eigenvalue weighted by Crippen LogP contribution is 2.04. The van der Waals surface area contributed by atoms with Crippen molar-refractivity contribution < 1.29 is 4.39 Å². The number of hydrogen-bond acceptors (Lipinski definition) is 4. The van der Waals surface area contributed by atoms with Gasteiger partial charge in [-0.25, -0.2) is 9.97 Å². The molecule has 0 atom stereocenters. The SMILES string of the molecule is Fc1cccc(NCCCCNc2ccccn2)n1. The molecular formula is C14H17FN4. The van der Waals surface area contributed by atoms with E-state index in [4.69, 9.17) is 0 Å². The summed E-state index contributed by atoms with van der Waals surface area (Å²) in [5.41, 5.74) is 0. The molecule has 0 radical (unpaired) electrons. The van der Waals surface area contributed by atoms with E-state index in [1.807, 2.05) is 18.2 Å². The minimum Gasteiger partial charge on any atom is -0.370 e. The van der Waals surface area contributed by atoms with Crippen LogP contribution in [-0.4, -0.2) is 23.1 Å². The van der Waals surface area contributed by atoms with Crippen LogP contribution in [0.4, 0.5) is 16.0 Å². The van der Waals surface area contributed by atoms with Gasteiger partial charge in [0.1, 0.15) is 11.6 Å². The van der Waals surface area contributed by atoms with Gasteiger partial charge in [0.25, 0.3) is 0 Å². The van der Waals surface area contributed by atoms with Crippen molar-refractivity contribution in [3.8, 4) is 0 Å². The zero-order chi connectivity index (χ0) is 13.3. The van der Waals surface area contributed by atoms with Crippen LogP contribution >= 0.6 is 0 Å². The first-order valence-electron chi connectivity index (χ1n) is 6.36. The third-order valence-electron chi connectivity index (χ3n) is 2.60. The number of aromatic nitrogens is 2. The fourth-order valence-electron chi connectivity index (χ4n) is 1.66. The molecule has 19 heavy (non-hydrogen) atoms. The molecule has 0 aliphatic rings. The Hall–Kier alpha value is -2.17. The van der Waals surface area contributed by atoms with E-state index in [0.29, 0.717) is 5.82 Å². The van der Waals surface area contributed by atoms with Gasteiger partial charge < -0.3 is 10.6 Å². The highest BCUT2D eigenvalue weighted by atomic mass is 19.1. The molecule has 0 aromatic carbocycles. The maximum atomic E-state index is 12.8. The monoisotopic (exact) mass is 260 g/mol. The number of anilines is 2. The third-order valence-corrected chi connectivity index (χ3v) is 2.60. The molecule has 2 heterocycles. The van der Waals surface area contributed by atoms with E-state index >= 15 is 0 Å². The van der Waals surface area contributed by atoms with Crippen LogP contribution in [0, 0.1) is 5.95 Å². The minimum atomic E-state index is -0.457. The summed E-state index contributed by atoms with van der Waals surface area (Å²) < 4.78 is 12.8. The normalized spacial score (nSPS) is 10.2. The van der Waals surface area contributed by atoms with Crippen molar-refractivity contribution in [3.05, 3.63) is 48.5 Å². The van der Waals surface area contributed by atoms with E-state index in [-0.39, 0.29) is 0 Å². The van der Waals surface area contributed by atoms with Crippen molar-refractivity contribution in [2.75, 3.05) is 23.7 Å². The smallest absolute Gasteiger partial charge is 0.214 e. The topological polar surface area (TPSA) is 49.8 Å². The maximum Gasteiger partial charge on any atom is 0.214 e. The highest BCUT2D eigenvalue weighted by Gasteiger charge is 1.96. The predicted octanol–water partition coefficient (Wildman–Crippen LogP) is 2.92.